The molecule has 3 aromatic rings. The van der Waals surface area contributed by atoms with Gasteiger partial charge in [0.25, 0.3) is 0 Å². The molecule has 0 spiro atoms. The van der Waals surface area contributed by atoms with Crippen molar-refractivity contribution >= 4 is 11.6 Å². The van der Waals surface area contributed by atoms with E-state index in [9.17, 15) is 4.39 Å². The molecule has 0 radical (unpaired) electrons. The number of anilines is 1. The summed E-state index contributed by atoms with van der Waals surface area (Å²) in [4.78, 5) is 4.17. The average Bonchev–Trinajstić information content (AvgIpc) is 2.94. The Morgan fingerprint density at radius 2 is 2.29 bits per heavy atom. The molecule has 0 saturated heterocycles. The molecule has 3 heterocycles. The number of nitrogens with one attached hydrogen (secondary N) is 1. The van der Waals surface area contributed by atoms with Gasteiger partial charge in [-0.2, -0.15) is 4.98 Å². The summed E-state index contributed by atoms with van der Waals surface area (Å²) >= 11 is 0. The van der Waals surface area contributed by atoms with E-state index in [2.05, 4.69) is 20.6 Å². The monoisotopic (exact) mass is 233 g/mol. The van der Waals surface area contributed by atoms with Crippen LogP contribution in [0.2, 0.25) is 0 Å². The molecular weight excluding hydrogens is 225 g/mol. The fourth-order valence-electron chi connectivity index (χ4n) is 1.43. The maximum Gasteiger partial charge on any atom is 0.243 e. The topological polar surface area (TPSA) is 68.2 Å². The van der Waals surface area contributed by atoms with Crippen LogP contribution in [0, 0.1) is 5.82 Å². The maximum absolute atomic E-state index is 12.9. The first-order valence-electron chi connectivity index (χ1n) is 4.96. The van der Waals surface area contributed by atoms with Gasteiger partial charge in [-0.1, -0.05) is 5.16 Å². The summed E-state index contributed by atoms with van der Waals surface area (Å²) in [6.07, 6.45) is 2.76. The molecule has 0 aliphatic carbocycles. The third-order valence-corrected chi connectivity index (χ3v) is 2.21. The van der Waals surface area contributed by atoms with Crippen molar-refractivity contribution in [1.29, 1.82) is 0 Å². The van der Waals surface area contributed by atoms with Crippen molar-refractivity contribution in [2.45, 2.75) is 6.54 Å². The fraction of sp³-hybridized carbons (Fsp3) is 0.100. The molecule has 17 heavy (non-hydrogen) atoms. The Hall–Kier alpha value is -2.44. The lowest BCUT2D eigenvalue weighted by Crippen LogP contribution is -2.01. The lowest BCUT2D eigenvalue weighted by atomic mass is 10.4. The van der Waals surface area contributed by atoms with Gasteiger partial charge < -0.3 is 9.84 Å². The lowest BCUT2D eigenvalue weighted by molar-refractivity contribution is 0.412. The van der Waals surface area contributed by atoms with Crippen LogP contribution in [0.5, 0.6) is 0 Å². The number of nitrogens with zero attached hydrogens (tertiary/aromatic N) is 4. The number of hydrogen-bond donors (Lipinski definition) is 1. The zero-order valence-corrected chi connectivity index (χ0v) is 8.67. The van der Waals surface area contributed by atoms with Gasteiger partial charge in [0, 0.05) is 6.07 Å². The minimum absolute atomic E-state index is 0.356. The largest absolute Gasteiger partial charge is 0.364 e. The van der Waals surface area contributed by atoms with E-state index >= 15 is 0 Å². The zero-order chi connectivity index (χ0) is 11.7. The second-order valence-corrected chi connectivity index (χ2v) is 3.43. The molecule has 86 valence electrons. The van der Waals surface area contributed by atoms with Gasteiger partial charge in [0.1, 0.15) is 17.8 Å². The molecule has 0 atom stereocenters. The summed E-state index contributed by atoms with van der Waals surface area (Å²) in [7, 11) is 0. The Kier molecular flexibility index (Phi) is 2.21. The highest BCUT2D eigenvalue weighted by Crippen LogP contribution is 2.07. The molecule has 0 unspecified atom stereocenters. The average molecular weight is 233 g/mol. The van der Waals surface area contributed by atoms with Crippen molar-refractivity contribution in [3.63, 3.8) is 0 Å². The Balaban J connectivity index is 1.81. The molecule has 3 aromatic heterocycles. The highest BCUT2D eigenvalue weighted by Gasteiger charge is 2.04. The van der Waals surface area contributed by atoms with Gasteiger partial charge in [-0.25, -0.2) is 8.91 Å². The van der Waals surface area contributed by atoms with Gasteiger partial charge in [-0.3, -0.25) is 0 Å². The van der Waals surface area contributed by atoms with Crippen LogP contribution in [0.25, 0.3) is 5.65 Å². The Morgan fingerprint density at radius 3 is 3.12 bits per heavy atom. The molecule has 3 rings (SSSR count). The molecule has 0 saturated carbocycles. The van der Waals surface area contributed by atoms with Crippen LogP contribution in [0.1, 0.15) is 5.69 Å². The summed E-state index contributed by atoms with van der Waals surface area (Å²) < 4.78 is 19.0. The Labute approximate surface area is 95.1 Å². The van der Waals surface area contributed by atoms with E-state index in [0.29, 0.717) is 18.1 Å². The van der Waals surface area contributed by atoms with Crippen LogP contribution in [0.3, 0.4) is 0 Å². The van der Waals surface area contributed by atoms with E-state index < -0.39 is 0 Å². The molecule has 0 fully saturated rings. The summed E-state index contributed by atoms with van der Waals surface area (Å²) in [5.74, 6) is 0.0593. The first-order chi connectivity index (χ1) is 8.31. The van der Waals surface area contributed by atoms with E-state index in [1.807, 2.05) is 0 Å². The molecule has 0 amide bonds. The second-order valence-electron chi connectivity index (χ2n) is 3.43. The van der Waals surface area contributed by atoms with E-state index in [0.717, 1.165) is 5.69 Å². The molecule has 0 aromatic carbocycles. The maximum atomic E-state index is 12.9. The van der Waals surface area contributed by atoms with E-state index in [4.69, 9.17) is 4.52 Å². The van der Waals surface area contributed by atoms with Crippen molar-refractivity contribution in [1.82, 2.24) is 19.8 Å². The quantitative estimate of drug-likeness (QED) is 0.741. The van der Waals surface area contributed by atoms with E-state index in [-0.39, 0.29) is 5.82 Å². The predicted octanol–water partition coefficient (Wildman–Crippen LogP) is 1.47. The number of pyridine rings is 1. The first-order valence-corrected chi connectivity index (χ1v) is 4.96. The third kappa shape index (κ3) is 1.94. The first kappa shape index (κ1) is 9.76. The minimum Gasteiger partial charge on any atom is -0.364 e. The highest BCUT2D eigenvalue weighted by atomic mass is 19.1. The molecule has 1 N–H and O–H groups in total. The van der Waals surface area contributed by atoms with Crippen molar-refractivity contribution in [2.24, 2.45) is 0 Å². The van der Waals surface area contributed by atoms with Crippen molar-refractivity contribution < 1.29 is 8.91 Å². The van der Waals surface area contributed by atoms with Crippen LogP contribution >= 0.6 is 0 Å². The van der Waals surface area contributed by atoms with Gasteiger partial charge in [0.2, 0.25) is 5.95 Å². The number of hydrogen-bond acceptors (Lipinski definition) is 5. The summed E-state index contributed by atoms with van der Waals surface area (Å²) in [6.45, 7) is 0.454. The standard InChI is InChI=1S/C10H8FN5O/c11-7-1-2-9-13-10(14-16(9)6-7)12-5-8-3-4-17-15-8/h1-4,6H,5H2,(H,12,14). The number of rotatable bonds is 3. The highest BCUT2D eigenvalue weighted by molar-refractivity contribution is 5.43. The summed E-state index contributed by atoms with van der Waals surface area (Å²) in [5.41, 5.74) is 1.32. The molecular formula is C10H8FN5O. The normalized spacial score (nSPS) is 10.9. The number of aromatic nitrogens is 4. The Bertz CT molecular complexity index is 633. The predicted molar refractivity (Wildman–Crippen MR) is 56.8 cm³/mol. The Morgan fingerprint density at radius 1 is 1.35 bits per heavy atom. The van der Waals surface area contributed by atoms with Crippen LogP contribution in [-0.2, 0) is 6.54 Å². The van der Waals surface area contributed by atoms with Crippen LogP contribution < -0.4 is 5.32 Å². The van der Waals surface area contributed by atoms with Gasteiger partial charge in [0.05, 0.1) is 12.7 Å². The number of halogens is 1. The summed E-state index contributed by atoms with van der Waals surface area (Å²) in [5, 5.41) is 10.8. The zero-order valence-electron chi connectivity index (χ0n) is 8.67. The fourth-order valence-corrected chi connectivity index (χ4v) is 1.43. The van der Waals surface area contributed by atoms with Crippen molar-refractivity contribution in [3.05, 3.63) is 42.2 Å². The second kappa shape index (κ2) is 3.85. The lowest BCUT2D eigenvalue weighted by Gasteiger charge is -1.95. The van der Waals surface area contributed by atoms with E-state index in [1.54, 1.807) is 12.1 Å². The molecule has 0 aliphatic rings. The molecule has 0 aliphatic heterocycles. The smallest absolute Gasteiger partial charge is 0.243 e. The van der Waals surface area contributed by atoms with Gasteiger partial charge in [-0.05, 0) is 12.1 Å². The van der Waals surface area contributed by atoms with E-state index in [1.165, 1.54) is 23.0 Å². The van der Waals surface area contributed by atoms with Gasteiger partial charge in [-0.15, -0.1) is 5.10 Å². The summed E-state index contributed by atoms with van der Waals surface area (Å²) in [6, 6.07) is 4.64. The molecule has 7 heteroatoms. The van der Waals surface area contributed by atoms with Crippen LogP contribution in [0.15, 0.2) is 35.2 Å². The van der Waals surface area contributed by atoms with Crippen molar-refractivity contribution in [3.8, 4) is 0 Å². The SMILES string of the molecule is Fc1ccc2nc(NCc3ccon3)nn2c1. The molecule has 0 bridgehead atoms. The van der Waals surface area contributed by atoms with Gasteiger partial charge in [0.15, 0.2) is 5.65 Å². The molecule has 6 nitrogen and oxygen atoms in total. The van der Waals surface area contributed by atoms with Crippen LogP contribution in [-0.4, -0.2) is 19.8 Å². The van der Waals surface area contributed by atoms with Crippen molar-refractivity contribution in [2.75, 3.05) is 5.32 Å². The third-order valence-electron chi connectivity index (χ3n) is 2.21. The van der Waals surface area contributed by atoms with Gasteiger partial charge >= 0.3 is 0 Å². The van der Waals surface area contributed by atoms with Crippen LogP contribution in [0.4, 0.5) is 10.3 Å². The number of fused-ring (bicyclic) bond motifs is 1. The minimum atomic E-state index is -0.356.